The van der Waals surface area contributed by atoms with Crippen molar-refractivity contribution >= 4 is 5.69 Å². The van der Waals surface area contributed by atoms with Gasteiger partial charge in [-0.05, 0) is 52.7 Å². The topological polar surface area (TPSA) is 50.1 Å². The lowest BCUT2D eigenvalue weighted by atomic mass is 10.1. The molecule has 0 bridgehead atoms. The number of hydrogen-bond donors (Lipinski definition) is 0. The predicted octanol–water partition coefficient (Wildman–Crippen LogP) is 4.54. The summed E-state index contributed by atoms with van der Waals surface area (Å²) in [6.45, 7) is 5.13. The quantitative estimate of drug-likeness (QED) is 0.483. The first-order chi connectivity index (χ1) is 15.8. The number of rotatable bonds is 7. The number of tetrazole rings is 1. The van der Waals surface area contributed by atoms with Crippen LogP contribution in [0.2, 0.25) is 0 Å². The third kappa shape index (κ3) is 5.50. The van der Waals surface area contributed by atoms with Gasteiger partial charge in [-0.1, -0.05) is 31.5 Å². The van der Waals surface area contributed by atoms with Crippen molar-refractivity contribution in [1.82, 2.24) is 25.1 Å². The number of alkyl halides is 3. The largest absolute Gasteiger partial charge is 0.416 e. The number of piperazine rings is 1. The molecule has 176 valence electrons. The molecular weight excluding hydrogens is 436 g/mol. The van der Waals surface area contributed by atoms with Crippen LogP contribution >= 0.6 is 0 Å². The van der Waals surface area contributed by atoms with Crippen LogP contribution in [-0.2, 0) is 12.7 Å². The molecule has 6 nitrogen and oxygen atoms in total. The molecule has 4 rings (SSSR count). The summed E-state index contributed by atoms with van der Waals surface area (Å²) in [5, 5.41) is 12.3. The highest BCUT2D eigenvalue weighted by Gasteiger charge is 2.32. The zero-order valence-corrected chi connectivity index (χ0v) is 18.3. The van der Waals surface area contributed by atoms with Crippen molar-refractivity contribution in [2.24, 2.45) is 0 Å². The van der Waals surface area contributed by atoms with Gasteiger partial charge >= 0.3 is 6.18 Å². The SMILES string of the molecule is CCCC(c1nnnn1Cc1ccc(F)cc1)N1CCN(c2cccc(C(F)(F)F)c2)CC1. The second-order valence-electron chi connectivity index (χ2n) is 8.20. The molecule has 1 saturated heterocycles. The van der Waals surface area contributed by atoms with Crippen LogP contribution in [0.1, 0.15) is 42.8 Å². The molecule has 1 unspecified atom stereocenters. The molecule has 10 heteroatoms. The molecule has 3 aromatic rings. The molecule has 1 aromatic heterocycles. The lowest BCUT2D eigenvalue weighted by Crippen LogP contribution is -2.48. The highest BCUT2D eigenvalue weighted by Crippen LogP contribution is 2.32. The summed E-state index contributed by atoms with van der Waals surface area (Å²) in [7, 11) is 0. The van der Waals surface area contributed by atoms with Crippen LogP contribution < -0.4 is 4.90 Å². The Balaban J connectivity index is 1.46. The van der Waals surface area contributed by atoms with Crippen LogP contribution in [0.5, 0.6) is 0 Å². The van der Waals surface area contributed by atoms with E-state index >= 15 is 0 Å². The van der Waals surface area contributed by atoms with E-state index < -0.39 is 11.7 Å². The highest BCUT2D eigenvalue weighted by atomic mass is 19.4. The maximum atomic E-state index is 13.2. The van der Waals surface area contributed by atoms with E-state index in [1.54, 1.807) is 22.9 Å². The Hall–Kier alpha value is -3.01. The molecule has 1 fully saturated rings. The molecule has 1 aliphatic heterocycles. The van der Waals surface area contributed by atoms with Crippen LogP contribution in [-0.4, -0.2) is 51.3 Å². The van der Waals surface area contributed by atoms with Crippen LogP contribution in [0.4, 0.5) is 23.2 Å². The zero-order chi connectivity index (χ0) is 23.4. The van der Waals surface area contributed by atoms with Gasteiger partial charge in [0.25, 0.3) is 0 Å². The van der Waals surface area contributed by atoms with E-state index in [2.05, 4.69) is 27.3 Å². The molecule has 1 atom stereocenters. The summed E-state index contributed by atoms with van der Waals surface area (Å²) in [5.41, 5.74) is 0.846. The minimum atomic E-state index is -4.36. The lowest BCUT2D eigenvalue weighted by molar-refractivity contribution is -0.137. The second kappa shape index (κ2) is 9.86. The average molecular weight is 462 g/mol. The van der Waals surface area contributed by atoms with Crippen LogP contribution in [0.25, 0.3) is 0 Å². The maximum absolute atomic E-state index is 13.2. The van der Waals surface area contributed by atoms with Crippen molar-refractivity contribution < 1.29 is 17.6 Å². The van der Waals surface area contributed by atoms with Crippen molar-refractivity contribution in [3.8, 4) is 0 Å². The van der Waals surface area contributed by atoms with Crippen molar-refractivity contribution in [2.45, 2.75) is 38.5 Å². The molecule has 0 aliphatic carbocycles. The van der Waals surface area contributed by atoms with Crippen molar-refractivity contribution in [3.05, 3.63) is 71.3 Å². The Bertz CT molecular complexity index is 1040. The fraction of sp³-hybridized carbons (Fsp3) is 0.435. The minimum Gasteiger partial charge on any atom is -0.369 e. The lowest BCUT2D eigenvalue weighted by Gasteiger charge is -2.39. The average Bonchev–Trinajstić information content (AvgIpc) is 3.26. The maximum Gasteiger partial charge on any atom is 0.416 e. The smallest absolute Gasteiger partial charge is 0.369 e. The molecular formula is C23H26F4N6. The van der Waals surface area contributed by atoms with Gasteiger partial charge in [0.1, 0.15) is 5.82 Å². The Morgan fingerprint density at radius 2 is 1.73 bits per heavy atom. The van der Waals surface area contributed by atoms with Gasteiger partial charge in [-0.2, -0.15) is 13.2 Å². The van der Waals surface area contributed by atoms with Gasteiger partial charge in [-0.3, -0.25) is 4.90 Å². The molecule has 1 aliphatic rings. The molecule has 0 saturated carbocycles. The summed E-state index contributed by atoms with van der Waals surface area (Å²) in [6.07, 6.45) is -2.57. The molecule has 0 spiro atoms. The van der Waals surface area contributed by atoms with Gasteiger partial charge in [-0.25, -0.2) is 9.07 Å². The van der Waals surface area contributed by atoms with Crippen LogP contribution in [0, 0.1) is 5.82 Å². The first-order valence-corrected chi connectivity index (χ1v) is 11.0. The minimum absolute atomic E-state index is 0.00546. The van der Waals surface area contributed by atoms with E-state index in [0.717, 1.165) is 30.3 Å². The normalized spacial score (nSPS) is 16.2. The monoisotopic (exact) mass is 462 g/mol. The van der Waals surface area contributed by atoms with Gasteiger partial charge in [-0.15, -0.1) is 5.10 Å². The van der Waals surface area contributed by atoms with Crippen LogP contribution in [0.3, 0.4) is 0 Å². The van der Waals surface area contributed by atoms with E-state index in [0.29, 0.717) is 38.4 Å². The third-order valence-corrected chi connectivity index (χ3v) is 5.96. The fourth-order valence-corrected chi connectivity index (χ4v) is 4.24. The molecule has 2 aromatic carbocycles. The summed E-state index contributed by atoms with van der Waals surface area (Å²) in [5.74, 6) is 0.451. The molecule has 0 radical (unpaired) electrons. The number of aromatic nitrogens is 4. The second-order valence-corrected chi connectivity index (χ2v) is 8.20. The third-order valence-electron chi connectivity index (χ3n) is 5.96. The van der Waals surface area contributed by atoms with Crippen molar-refractivity contribution in [2.75, 3.05) is 31.1 Å². The summed E-state index contributed by atoms with van der Waals surface area (Å²) < 4.78 is 54.3. The first kappa shape index (κ1) is 23.2. The van der Waals surface area contributed by atoms with Gasteiger partial charge < -0.3 is 4.90 Å². The van der Waals surface area contributed by atoms with Gasteiger partial charge in [0, 0.05) is 31.9 Å². The van der Waals surface area contributed by atoms with E-state index in [1.165, 1.54) is 24.3 Å². The summed E-state index contributed by atoms with van der Waals surface area (Å²) in [4.78, 5) is 4.27. The molecule has 2 heterocycles. The van der Waals surface area contributed by atoms with Crippen LogP contribution in [0.15, 0.2) is 48.5 Å². The molecule has 0 N–H and O–H groups in total. The highest BCUT2D eigenvalue weighted by molar-refractivity contribution is 5.49. The van der Waals surface area contributed by atoms with E-state index in [-0.39, 0.29) is 11.9 Å². The number of benzene rings is 2. The molecule has 33 heavy (non-hydrogen) atoms. The summed E-state index contributed by atoms with van der Waals surface area (Å²) in [6, 6.07) is 11.7. The van der Waals surface area contributed by atoms with Crippen molar-refractivity contribution in [1.29, 1.82) is 0 Å². The fourth-order valence-electron chi connectivity index (χ4n) is 4.24. The zero-order valence-electron chi connectivity index (χ0n) is 18.3. The number of anilines is 1. The van der Waals surface area contributed by atoms with Gasteiger partial charge in [0.05, 0.1) is 18.2 Å². The Morgan fingerprint density at radius 1 is 1.00 bits per heavy atom. The first-order valence-electron chi connectivity index (χ1n) is 11.0. The van der Waals surface area contributed by atoms with Gasteiger partial charge in [0.2, 0.25) is 0 Å². The Kier molecular flexibility index (Phi) is 6.92. The van der Waals surface area contributed by atoms with E-state index in [1.807, 2.05) is 4.90 Å². The Labute approximate surface area is 189 Å². The number of halogens is 4. The van der Waals surface area contributed by atoms with Crippen molar-refractivity contribution in [3.63, 3.8) is 0 Å². The van der Waals surface area contributed by atoms with E-state index in [4.69, 9.17) is 0 Å². The summed E-state index contributed by atoms with van der Waals surface area (Å²) >= 11 is 0. The standard InChI is InChI=1S/C23H26F4N6/c1-2-4-21(22-28-29-30-33(22)16-17-7-9-19(24)10-8-17)32-13-11-31(12-14-32)20-6-3-5-18(15-20)23(25,26)27/h3,5-10,15,21H,2,4,11-14,16H2,1H3. The Morgan fingerprint density at radius 3 is 2.39 bits per heavy atom. The molecule has 0 amide bonds. The predicted molar refractivity (Wildman–Crippen MR) is 116 cm³/mol. The number of nitrogens with zero attached hydrogens (tertiary/aromatic N) is 6. The number of hydrogen-bond acceptors (Lipinski definition) is 5. The van der Waals surface area contributed by atoms with E-state index in [9.17, 15) is 17.6 Å². The van der Waals surface area contributed by atoms with Gasteiger partial charge in [0.15, 0.2) is 5.82 Å².